The number of imide groups is 1. The molecule has 0 bridgehead atoms. The van der Waals surface area contributed by atoms with Gasteiger partial charge in [0.15, 0.2) is 15.0 Å². The predicted octanol–water partition coefficient (Wildman–Crippen LogP) is 3.68. The maximum atomic E-state index is 13.0. The summed E-state index contributed by atoms with van der Waals surface area (Å²) in [5.74, 6) is -1.23. The summed E-state index contributed by atoms with van der Waals surface area (Å²) in [7, 11) is -3.43. The maximum Gasteiger partial charge on any atom is 0.417 e. The molecule has 3 rings (SSSR count). The van der Waals surface area contributed by atoms with Gasteiger partial charge in [-0.3, -0.25) is 15.4 Å². The normalized spacial score (nSPS) is 12.0. The second-order valence-corrected chi connectivity index (χ2v) is 8.92. The third kappa shape index (κ3) is 4.71. The molecule has 0 aliphatic rings. The number of nitrogens with one attached hydrogen (secondary N) is 2. The van der Waals surface area contributed by atoms with E-state index < -0.39 is 39.1 Å². The monoisotopic (exact) mass is 443 g/mol. The van der Waals surface area contributed by atoms with Gasteiger partial charge in [0, 0.05) is 6.26 Å². The zero-order valence-electron chi connectivity index (χ0n) is 14.6. The number of benzene rings is 2. The SMILES string of the molecule is CS(=O)(=O)c1ccc2nc(NC(=O)NC(=O)c3ccccc3C(F)(F)F)sc2c1. The Balaban J connectivity index is 1.77. The summed E-state index contributed by atoms with van der Waals surface area (Å²) in [6.45, 7) is 0. The molecule has 0 saturated heterocycles. The number of urea groups is 1. The van der Waals surface area contributed by atoms with Gasteiger partial charge in [-0.2, -0.15) is 13.2 Å². The number of aromatic nitrogens is 1. The summed E-state index contributed by atoms with van der Waals surface area (Å²) in [6.07, 6.45) is -3.71. The van der Waals surface area contributed by atoms with Crippen molar-refractivity contribution in [2.24, 2.45) is 0 Å². The third-order valence-electron chi connectivity index (χ3n) is 3.71. The number of sulfone groups is 1. The molecule has 0 aliphatic carbocycles. The molecule has 0 radical (unpaired) electrons. The van der Waals surface area contributed by atoms with E-state index in [1.165, 1.54) is 24.3 Å². The number of halogens is 3. The molecule has 0 unspecified atom stereocenters. The highest BCUT2D eigenvalue weighted by molar-refractivity contribution is 7.90. The van der Waals surface area contributed by atoms with Crippen LogP contribution < -0.4 is 10.6 Å². The molecule has 2 aromatic carbocycles. The van der Waals surface area contributed by atoms with Gasteiger partial charge in [-0.15, -0.1) is 0 Å². The lowest BCUT2D eigenvalue weighted by molar-refractivity contribution is -0.137. The van der Waals surface area contributed by atoms with Crippen LogP contribution in [0.25, 0.3) is 10.2 Å². The zero-order valence-corrected chi connectivity index (χ0v) is 16.2. The number of carbonyl (C=O) groups is 2. The molecule has 2 N–H and O–H groups in total. The Hall–Kier alpha value is -2.99. The number of alkyl halides is 3. The van der Waals surface area contributed by atoms with Crippen molar-refractivity contribution in [2.75, 3.05) is 11.6 Å². The van der Waals surface area contributed by atoms with Gasteiger partial charge in [0.1, 0.15) is 0 Å². The largest absolute Gasteiger partial charge is 0.417 e. The van der Waals surface area contributed by atoms with Crippen molar-refractivity contribution in [3.8, 4) is 0 Å². The van der Waals surface area contributed by atoms with E-state index in [0.29, 0.717) is 10.2 Å². The Morgan fingerprint density at radius 1 is 1.10 bits per heavy atom. The molecule has 0 aliphatic heterocycles. The first-order chi connectivity index (χ1) is 13.4. The molecular formula is C17H12F3N3O4S2. The molecule has 1 aromatic heterocycles. The smallest absolute Gasteiger partial charge is 0.283 e. The number of thiazole rings is 1. The highest BCUT2D eigenvalue weighted by Crippen LogP contribution is 2.32. The Morgan fingerprint density at radius 3 is 2.45 bits per heavy atom. The molecule has 152 valence electrons. The first-order valence-corrected chi connectivity index (χ1v) is 10.5. The van der Waals surface area contributed by atoms with E-state index in [9.17, 15) is 31.2 Å². The van der Waals surface area contributed by atoms with Crippen LogP contribution in [0.3, 0.4) is 0 Å². The van der Waals surface area contributed by atoms with Crippen molar-refractivity contribution >= 4 is 48.5 Å². The number of amides is 3. The quantitative estimate of drug-likeness (QED) is 0.643. The van der Waals surface area contributed by atoms with Gasteiger partial charge < -0.3 is 0 Å². The first-order valence-electron chi connectivity index (χ1n) is 7.84. The van der Waals surface area contributed by atoms with E-state index in [4.69, 9.17) is 0 Å². The second-order valence-electron chi connectivity index (χ2n) is 5.87. The number of nitrogens with zero attached hydrogens (tertiary/aromatic N) is 1. The molecule has 0 spiro atoms. The minimum atomic E-state index is -4.76. The van der Waals surface area contributed by atoms with Crippen molar-refractivity contribution in [1.29, 1.82) is 0 Å². The molecule has 3 aromatic rings. The second kappa shape index (κ2) is 7.44. The molecule has 12 heteroatoms. The first kappa shape index (κ1) is 20.7. The summed E-state index contributed by atoms with van der Waals surface area (Å²) >= 11 is 0.947. The van der Waals surface area contributed by atoms with Gasteiger partial charge in [-0.05, 0) is 30.3 Å². The molecular weight excluding hydrogens is 431 g/mol. The topological polar surface area (TPSA) is 105 Å². The van der Waals surface area contributed by atoms with Crippen LogP contribution in [0.2, 0.25) is 0 Å². The Kier molecular flexibility index (Phi) is 5.32. The van der Waals surface area contributed by atoms with Gasteiger partial charge in [-0.1, -0.05) is 23.5 Å². The van der Waals surface area contributed by atoms with Crippen molar-refractivity contribution in [2.45, 2.75) is 11.1 Å². The van der Waals surface area contributed by atoms with Gasteiger partial charge in [-0.25, -0.2) is 18.2 Å². The van der Waals surface area contributed by atoms with Crippen LogP contribution in [0.1, 0.15) is 15.9 Å². The number of fused-ring (bicyclic) bond motifs is 1. The standard InChI is InChI=1S/C17H12F3N3O4S2/c1-29(26,27)9-6-7-12-13(8-9)28-16(21-12)23-15(25)22-14(24)10-4-2-3-5-11(10)17(18,19)20/h2-8H,1H3,(H2,21,22,23,24,25). The molecule has 0 atom stereocenters. The maximum absolute atomic E-state index is 13.0. The Labute approximate surface area is 166 Å². The van der Waals surface area contributed by atoms with Crippen LogP contribution >= 0.6 is 11.3 Å². The lowest BCUT2D eigenvalue weighted by Crippen LogP contribution is -2.35. The van der Waals surface area contributed by atoms with Crippen molar-refractivity contribution in [1.82, 2.24) is 10.3 Å². The summed E-state index contributed by atoms with van der Waals surface area (Å²) in [5, 5.41) is 4.11. The lowest BCUT2D eigenvalue weighted by atomic mass is 10.1. The molecule has 1 heterocycles. The zero-order chi connectivity index (χ0) is 21.4. The summed E-state index contributed by atoms with van der Waals surface area (Å²) < 4.78 is 62.7. The Morgan fingerprint density at radius 2 is 1.79 bits per heavy atom. The van der Waals surface area contributed by atoms with Crippen LogP contribution in [-0.2, 0) is 16.0 Å². The molecule has 7 nitrogen and oxygen atoms in total. The minimum absolute atomic E-state index is 0.0417. The number of hydrogen-bond acceptors (Lipinski definition) is 6. The number of anilines is 1. The van der Waals surface area contributed by atoms with Crippen molar-refractivity contribution < 1.29 is 31.2 Å². The fourth-order valence-corrected chi connectivity index (χ4v) is 4.04. The number of carbonyl (C=O) groups excluding carboxylic acids is 2. The van der Waals surface area contributed by atoms with Gasteiger partial charge in [0.05, 0.1) is 26.2 Å². The lowest BCUT2D eigenvalue weighted by Gasteiger charge is -2.12. The Bertz CT molecular complexity index is 1220. The van der Waals surface area contributed by atoms with E-state index in [2.05, 4.69) is 10.3 Å². The average Bonchev–Trinajstić information content (AvgIpc) is 3.01. The van der Waals surface area contributed by atoms with Crippen LogP contribution in [0.4, 0.5) is 23.1 Å². The molecule has 0 saturated carbocycles. The van der Waals surface area contributed by atoms with E-state index in [-0.39, 0.29) is 10.0 Å². The van der Waals surface area contributed by atoms with E-state index >= 15 is 0 Å². The summed E-state index contributed by atoms with van der Waals surface area (Å²) in [4.78, 5) is 28.2. The van der Waals surface area contributed by atoms with Crippen LogP contribution in [-0.4, -0.2) is 31.6 Å². The van der Waals surface area contributed by atoms with Gasteiger partial charge in [0.25, 0.3) is 5.91 Å². The van der Waals surface area contributed by atoms with Crippen LogP contribution in [0.5, 0.6) is 0 Å². The van der Waals surface area contributed by atoms with Gasteiger partial charge in [0.2, 0.25) is 0 Å². The number of rotatable bonds is 3. The van der Waals surface area contributed by atoms with Crippen molar-refractivity contribution in [3.63, 3.8) is 0 Å². The molecule has 3 amide bonds. The van der Waals surface area contributed by atoms with E-state index in [0.717, 1.165) is 35.8 Å². The van der Waals surface area contributed by atoms with Crippen molar-refractivity contribution in [3.05, 3.63) is 53.6 Å². The fraction of sp³-hybridized carbons (Fsp3) is 0.118. The van der Waals surface area contributed by atoms with E-state index in [1.54, 1.807) is 0 Å². The number of hydrogen-bond donors (Lipinski definition) is 2. The summed E-state index contributed by atoms with van der Waals surface area (Å²) in [5.41, 5.74) is -1.46. The van der Waals surface area contributed by atoms with Crippen LogP contribution in [0.15, 0.2) is 47.4 Å². The van der Waals surface area contributed by atoms with E-state index in [1.807, 2.05) is 5.32 Å². The van der Waals surface area contributed by atoms with Crippen LogP contribution in [0, 0.1) is 0 Å². The summed E-state index contributed by atoms with van der Waals surface area (Å²) in [6, 6.07) is 7.19. The molecule has 29 heavy (non-hydrogen) atoms. The highest BCUT2D eigenvalue weighted by Gasteiger charge is 2.35. The molecule has 0 fully saturated rings. The predicted molar refractivity (Wildman–Crippen MR) is 101 cm³/mol. The highest BCUT2D eigenvalue weighted by atomic mass is 32.2. The minimum Gasteiger partial charge on any atom is -0.283 e. The average molecular weight is 443 g/mol. The van der Waals surface area contributed by atoms with Gasteiger partial charge >= 0.3 is 12.2 Å². The third-order valence-corrected chi connectivity index (χ3v) is 5.76. The fourth-order valence-electron chi connectivity index (χ4n) is 2.42.